The van der Waals surface area contributed by atoms with Crippen molar-refractivity contribution in [2.75, 3.05) is 20.0 Å². The topological polar surface area (TPSA) is 78.9 Å². The molecule has 0 aromatic carbocycles. The third-order valence-corrected chi connectivity index (χ3v) is 5.69. The highest BCUT2D eigenvalue weighted by atomic mass is 32.2. The molecule has 0 spiro atoms. The van der Waals surface area contributed by atoms with Crippen LogP contribution in [0.3, 0.4) is 0 Å². The van der Waals surface area contributed by atoms with Gasteiger partial charge in [0, 0.05) is 27.1 Å². The van der Waals surface area contributed by atoms with Crippen molar-refractivity contribution in [2.45, 2.75) is 56.9 Å². The van der Waals surface area contributed by atoms with E-state index >= 15 is 0 Å². The van der Waals surface area contributed by atoms with E-state index in [4.69, 9.17) is 14.2 Å². The minimum Gasteiger partial charge on any atom is -0.463 e. The van der Waals surface area contributed by atoms with Gasteiger partial charge in [0.05, 0.1) is 17.3 Å². The van der Waals surface area contributed by atoms with Crippen molar-refractivity contribution < 1.29 is 40.6 Å². The van der Waals surface area contributed by atoms with Crippen LogP contribution in [0, 0.1) is 5.41 Å². The quantitative estimate of drug-likeness (QED) is 0.478. The maximum atomic E-state index is 12.4. The first-order chi connectivity index (χ1) is 10.8. The van der Waals surface area contributed by atoms with Crippen LogP contribution in [0.4, 0.5) is 13.2 Å². The molecule has 0 radical (unpaired) electrons. The van der Waals surface area contributed by atoms with Gasteiger partial charge in [-0.1, -0.05) is 0 Å². The van der Waals surface area contributed by atoms with Gasteiger partial charge in [-0.05, 0) is 26.7 Å². The summed E-state index contributed by atoms with van der Waals surface area (Å²) in [6.07, 6.45) is -0.552. The monoisotopic (exact) mass is 376 g/mol. The van der Waals surface area contributed by atoms with Crippen LogP contribution in [-0.4, -0.2) is 51.8 Å². The highest BCUT2D eigenvalue weighted by Gasteiger charge is 2.61. The van der Waals surface area contributed by atoms with Crippen LogP contribution >= 0.6 is 0 Å². The number of methoxy groups -OCH3 is 2. The number of halogens is 3. The van der Waals surface area contributed by atoms with Gasteiger partial charge in [-0.25, -0.2) is 8.42 Å². The minimum atomic E-state index is -5.29. The van der Waals surface area contributed by atoms with Gasteiger partial charge in [0.25, 0.3) is 0 Å². The first-order valence-electron chi connectivity index (χ1n) is 7.43. The van der Waals surface area contributed by atoms with Crippen LogP contribution in [0.25, 0.3) is 0 Å². The number of carbonyl (C=O) groups is 1. The van der Waals surface area contributed by atoms with Crippen LogP contribution in [0.5, 0.6) is 0 Å². The normalized spacial score (nSPS) is 19.8. The summed E-state index contributed by atoms with van der Waals surface area (Å²) in [7, 11) is -2.41. The van der Waals surface area contributed by atoms with E-state index in [-0.39, 0.29) is 25.7 Å². The molecule has 1 saturated carbocycles. The summed E-state index contributed by atoms with van der Waals surface area (Å²) in [6.45, 7) is 3.30. The number of hydrogen-bond donors (Lipinski definition) is 0. The molecule has 0 aromatic rings. The number of esters is 1. The Hall–Kier alpha value is -0.870. The van der Waals surface area contributed by atoms with E-state index < -0.39 is 44.4 Å². The van der Waals surface area contributed by atoms with Crippen molar-refractivity contribution in [1.29, 1.82) is 0 Å². The molecule has 1 rings (SSSR count). The maximum Gasteiger partial charge on any atom is 0.497 e. The molecule has 1 aliphatic carbocycles. The molecular weight excluding hydrogens is 353 g/mol. The molecule has 10 heteroatoms. The Kier molecular flexibility index (Phi) is 6.32. The van der Waals surface area contributed by atoms with Crippen molar-refractivity contribution >= 4 is 15.8 Å². The fourth-order valence-electron chi connectivity index (χ4n) is 2.83. The SMILES string of the molecule is COC1(OC)CC(CCCS(=O)(=O)C(F)(F)F)(C(=O)OC(C)C)C1. The molecule has 0 heterocycles. The zero-order chi connectivity index (χ0) is 18.8. The van der Waals surface area contributed by atoms with Gasteiger partial charge in [0.15, 0.2) is 5.79 Å². The Morgan fingerprint density at radius 3 is 2.04 bits per heavy atom. The first kappa shape index (κ1) is 21.2. The fourth-order valence-corrected chi connectivity index (χ4v) is 3.59. The molecule has 0 bridgehead atoms. The average Bonchev–Trinajstić information content (AvgIpc) is 2.39. The number of rotatable bonds is 8. The van der Waals surface area contributed by atoms with Gasteiger partial charge in [0.1, 0.15) is 0 Å². The minimum absolute atomic E-state index is 0.0532. The van der Waals surface area contributed by atoms with Gasteiger partial charge in [-0.3, -0.25) is 4.79 Å². The summed E-state index contributed by atoms with van der Waals surface area (Å²) in [5.74, 6) is -2.65. The molecule has 0 atom stereocenters. The number of ether oxygens (including phenoxy) is 3. The molecular formula is C14H23F3O6S. The van der Waals surface area contributed by atoms with Crippen molar-refractivity contribution in [1.82, 2.24) is 0 Å². The number of sulfone groups is 1. The molecule has 0 aromatic heterocycles. The summed E-state index contributed by atoms with van der Waals surface area (Å²) >= 11 is 0. The summed E-state index contributed by atoms with van der Waals surface area (Å²) < 4.78 is 75.0. The lowest BCUT2D eigenvalue weighted by molar-refractivity contribution is -0.297. The molecule has 1 aliphatic rings. The van der Waals surface area contributed by atoms with Gasteiger partial charge in [-0.2, -0.15) is 13.2 Å². The molecule has 0 N–H and O–H groups in total. The third kappa shape index (κ3) is 4.40. The molecule has 24 heavy (non-hydrogen) atoms. The summed E-state index contributed by atoms with van der Waals surface area (Å²) in [5.41, 5.74) is -6.39. The van der Waals surface area contributed by atoms with Crippen molar-refractivity contribution in [3.63, 3.8) is 0 Å². The van der Waals surface area contributed by atoms with E-state index in [1.807, 2.05) is 0 Å². The lowest BCUT2D eigenvalue weighted by Gasteiger charge is -2.52. The van der Waals surface area contributed by atoms with Gasteiger partial charge in [-0.15, -0.1) is 0 Å². The first-order valence-corrected chi connectivity index (χ1v) is 9.09. The molecule has 1 fully saturated rings. The van der Waals surface area contributed by atoms with Crippen LogP contribution in [0.2, 0.25) is 0 Å². The Balaban J connectivity index is 2.81. The van der Waals surface area contributed by atoms with Gasteiger partial charge < -0.3 is 14.2 Å². The third-order valence-electron chi connectivity index (χ3n) is 4.16. The van der Waals surface area contributed by atoms with E-state index in [2.05, 4.69) is 0 Å². The van der Waals surface area contributed by atoms with Crippen LogP contribution in [0.1, 0.15) is 39.5 Å². The Morgan fingerprint density at radius 2 is 1.67 bits per heavy atom. The number of carbonyl (C=O) groups excluding carboxylic acids is 1. The second kappa shape index (κ2) is 7.17. The number of alkyl halides is 3. The summed E-state index contributed by atoms with van der Waals surface area (Å²) in [5, 5.41) is 0. The van der Waals surface area contributed by atoms with Crippen molar-refractivity contribution in [3.8, 4) is 0 Å². The van der Waals surface area contributed by atoms with E-state index in [1.54, 1.807) is 13.8 Å². The lowest BCUT2D eigenvalue weighted by Crippen LogP contribution is -2.58. The zero-order valence-corrected chi connectivity index (χ0v) is 14.9. The van der Waals surface area contributed by atoms with Crippen LogP contribution in [-0.2, 0) is 28.8 Å². The maximum absolute atomic E-state index is 12.4. The van der Waals surface area contributed by atoms with Gasteiger partial charge >= 0.3 is 11.5 Å². The largest absolute Gasteiger partial charge is 0.497 e. The smallest absolute Gasteiger partial charge is 0.463 e. The molecule has 0 amide bonds. The molecule has 0 unspecified atom stereocenters. The van der Waals surface area contributed by atoms with E-state index in [1.165, 1.54) is 14.2 Å². The van der Waals surface area contributed by atoms with E-state index in [0.717, 1.165) is 0 Å². The van der Waals surface area contributed by atoms with Crippen LogP contribution in [0.15, 0.2) is 0 Å². The average molecular weight is 376 g/mol. The van der Waals surface area contributed by atoms with E-state index in [9.17, 15) is 26.4 Å². The fraction of sp³-hybridized carbons (Fsp3) is 0.929. The predicted molar refractivity (Wildman–Crippen MR) is 78.7 cm³/mol. The van der Waals surface area contributed by atoms with Crippen molar-refractivity contribution in [3.05, 3.63) is 0 Å². The lowest BCUT2D eigenvalue weighted by atomic mass is 9.62. The summed E-state index contributed by atoms with van der Waals surface area (Å²) in [6, 6.07) is 0. The Labute approximate surface area is 139 Å². The second-order valence-electron chi connectivity index (χ2n) is 6.28. The van der Waals surface area contributed by atoms with Crippen LogP contribution < -0.4 is 0 Å². The Bertz CT molecular complexity index is 543. The van der Waals surface area contributed by atoms with Crippen molar-refractivity contribution in [2.24, 2.45) is 5.41 Å². The predicted octanol–water partition coefficient (Wildman–Crippen LogP) is 2.42. The zero-order valence-electron chi connectivity index (χ0n) is 14.1. The standard InChI is InChI=1S/C14H23F3O6S/c1-10(2)23-11(18)12(8-13(9-12,21-3)22-4)6-5-7-24(19,20)14(15,16)17/h10H,5-9H2,1-4H3. The van der Waals surface area contributed by atoms with E-state index in [0.29, 0.717) is 0 Å². The molecule has 0 saturated heterocycles. The number of hydrogen-bond acceptors (Lipinski definition) is 6. The molecule has 6 nitrogen and oxygen atoms in total. The molecule has 142 valence electrons. The second-order valence-corrected chi connectivity index (χ2v) is 8.38. The Morgan fingerprint density at radius 1 is 1.17 bits per heavy atom. The molecule has 0 aliphatic heterocycles. The highest BCUT2D eigenvalue weighted by molar-refractivity contribution is 7.92. The van der Waals surface area contributed by atoms with Gasteiger partial charge in [0.2, 0.25) is 9.84 Å². The summed E-state index contributed by atoms with van der Waals surface area (Å²) in [4.78, 5) is 12.3. The highest BCUT2D eigenvalue weighted by Crippen LogP contribution is 2.54.